The van der Waals surface area contributed by atoms with Gasteiger partial charge in [-0.15, -0.1) is 11.6 Å². The van der Waals surface area contributed by atoms with Crippen molar-refractivity contribution in [3.63, 3.8) is 0 Å². The van der Waals surface area contributed by atoms with Crippen LogP contribution in [0.25, 0.3) is 0 Å². The number of hydrogen-bond donors (Lipinski definition) is 1. The average molecular weight is 264 g/mol. The first kappa shape index (κ1) is 10.5. The molecular weight excluding hydrogens is 255 g/mol. The van der Waals surface area contributed by atoms with Crippen molar-refractivity contribution in [1.82, 2.24) is 4.98 Å². The lowest BCUT2D eigenvalue weighted by molar-refractivity contribution is -0.113. The maximum Gasteiger partial charge on any atom is 0.240 e. The number of nitrogens with zero attached hydrogens (tertiary/aromatic N) is 1. The first-order valence-electron chi connectivity index (χ1n) is 3.62. The zero-order valence-electron chi connectivity index (χ0n) is 6.97. The van der Waals surface area contributed by atoms with Crippen molar-refractivity contribution in [3.05, 3.63) is 22.3 Å². The van der Waals surface area contributed by atoms with Crippen LogP contribution in [0.5, 0.6) is 0 Å². The zero-order chi connectivity index (χ0) is 9.84. The number of anilines is 1. The van der Waals surface area contributed by atoms with Gasteiger partial charge in [0, 0.05) is 4.47 Å². The molecule has 0 atom stereocenters. The highest BCUT2D eigenvalue weighted by atomic mass is 79.9. The Bertz CT molecular complexity index is 330. The molecule has 0 radical (unpaired) electrons. The van der Waals surface area contributed by atoms with Crippen LogP contribution >= 0.6 is 27.5 Å². The second-order valence-corrected chi connectivity index (χ2v) is 3.57. The molecular formula is C8H8BrClN2O. The van der Waals surface area contributed by atoms with Gasteiger partial charge in [0.05, 0.1) is 5.69 Å². The van der Waals surface area contributed by atoms with Crippen LogP contribution in [-0.2, 0) is 4.79 Å². The Labute approximate surface area is 89.6 Å². The summed E-state index contributed by atoms with van der Waals surface area (Å²) >= 11 is 8.64. The summed E-state index contributed by atoms with van der Waals surface area (Å²) in [5.74, 6) is 0.207. The van der Waals surface area contributed by atoms with E-state index in [1.165, 1.54) is 0 Å². The number of carbonyl (C=O) groups excluding carboxylic acids is 1. The Morgan fingerprint density at radius 3 is 2.92 bits per heavy atom. The number of carbonyl (C=O) groups is 1. The Morgan fingerprint density at radius 2 is 2.38 bits per heavy atom. The fourth-order valence-electron chi connectivity index (χ4n) is 0.790. The summed E-state index contributed by atoms with van der Waals surface area (Å²) in [5.41, 5.74) is 0.826. The number of alkyl halides is 1. The van der Waals surface area contributed by atoms with E-state index in [0.29, 0.717) is 5.82 Å². The van der Waals surface area contributed by atoms with E-state index >= 15 is 0 Å². The van der Waals surface area contributed by atoms with Gasteiger partial charge in [-0.3, -0.25) is 4.79 Å². The summed E-state index contributed by atoms with van der Waals surface area (Å²) < 4.78 is 0.913. The van der Waals surface area contributed by atoms with Gasteiger partial charge in [-0.2, -0.15) is 0 Å². The van der Waals surface area contributed by atoms with Crippen LogP contribution < -0.4 is 5.32 Å². The van der Waals surface area contributed by atoms with Gasteiger partial charge in [0.2, 0.25) is 5.91 Å². The molecule has 1 aromatic heterocycles. The van der Waals surface area contributed by atoms with Crippen molar-refractivity contribution in [2.45, 2.75) is 6.92 Å². The summed E-state index contributed by atoms with van der Waals surface area (Å²) in [6, 6.07) is 3.54. The third kappa shape index (κ3) is 2.97. The monoisotopic (exact) mass is 262 g/mol. The number of amides is 1. The Balaban J connectivity index is 2.79. The maximum absolute atomic E-state index is 10.9. The molecule has 1 amide bonds. The zero-order valence-corrected chi connectivity index (χ0v) is 9.32. The van der Waals surface area contributed by atoms with Gasteiger partial charge < -0.3 is 5.32 Å². The van der Waals surface area contributed by atoms with Crippen molar-refractivity contribution in [3.8, 4) is 0 Å². The predicted molar refractivity (Wildman–Crippen MR) is 56.0 cm³/mol. The van der Waals surface area contributed by atoms with Crippen LogP contribution in [0.3, 0.4) is 0 Å². The fraction of sp³-hybridized carbons (Fsp3) is 0.250. The van der Waals surface area contributed by atoms with Gasteiger partial charge in [-0.1, -0.05) is 0 Å². The number of rotatable bonds is 2. The lowest BCUT2D eigenvalue weighted by atomic mass is 10.4. The third-order valence-electron chi connectivity index (χ3n) is 1.41. The second kappa shape index (κ2) is 4.58. The summed E-state index contributed by atoms with van der Waals surface area (Å²) in [6.07, 6.45) is 0. The van der Waals surface area contributed by atoms with Crippen molar-refractivity contribution < 1.29 is 4.79 Å². The predicted octanol–water partition coefficient (Wildman–Crippen LogP) is 2.33. The molecule has 0 aliphatic rings. The van der Waals surface area contributed by atoms with Crippen molar-refractivity contribution in [2.24, 2.45) is 0 Å². The SMILES string of the molecule is Cc1nc(NC(=O)CCl)ccc1Br. The van der Waals surface area contributed by atoms with Gasteiger partial charge in [-0.25, -0.2) is 4.98 Å². The molecule has 70 valence electrons. The van der Waals surface area contributed by atoms with Gasteiger partial charge in [0.1, 0.15) is 11.7 Å². The minimum absolute atomic E-state index is 0.0587. The van der Waals surface area contributed by atoms with Crippen LogP contribution in [0.2, 0.25) is 0 Å². The van der Waals surface area contributed by atoms with Gasteiger partial charge in [0.25, 0.3) is 0 Å². The van der Waals surface area contributed by atoms with Crippen LogP contribution in [0.4, 0.5) is 5.82 Å². The summed E-state index contributed by atoms with van der Waals surface area (Å²) in [5, 5.41) is 2.56. The number of halogens is 2. The molecule has 0 saturated heterocycles. The van der Waals surface area contributed by atoms with E-state index in [1.54, 1.807) is 6.07 Å². The minimum Gasteiger partial charge on any atom is -0.310 e. The maximum atomic E-state index is 10.9. The Kier molecular flexibility index (Phi) is 3.69. The highest BCUT2D eigenvalue weighted by Gasteiger charge is 2.02. The smallest absolute Gasteiger partial charge is 0.240 e. The number of pyridine rings is 1. The molecule has 3 nitrogen and oxygen atoms in total. The molecule has 1 heterocycles. The topological polar surface area (TPSA) is 42.0 Å². The summed E-state index contributed by atoms with van der Waals surface area (Å²) in [7, 11) is 0. The Morgan fingerprint density at radius 1 is 1.69 bits per heavy atom. The van der Waals surface area contributed by atoms with E-state index in [0.717, 1.165) is 10.2 Å². The molecule has 0 bridgehead atoms. The summed E-state index contributed by atoms with van der Waals surface area (Å²) in [6.45, 7) is 1.85. The molecule has 0 saturated carbocycles. The van der Waals surface area contributed by atoms with E-state index in [-0.39, 0.29) is 11.8 Å². The molecule has 0 aromatic carbocycles. The quantitative estimate of drug-likeness (QED) is 0.832. The molecule has 1 N–H and O–H groups in total. The molecule has 13 heavy (non-hydrogen) atoms. The number of aromatic nitrogens is 1. The molecule has 0 fully saturated rings. The van der Waals surface area contributed by atoms with Gasteiger partial charge >= 0.3 is 0 Å². The van der Waals surface area contributed by atoms with Crippen molar-refractivity contribution in [2.75, 3.05) is 11.2 Å². The van der Waals surface area contributed by atoms with Crippen molar-refractivity contribution >= 4 is 39.3 Å². The van der Waals surface area contributed by atoms with Crippen molar-refractivity contribution in [1.29, 1.82) is 0 Å². The molecule has 1 aromatic rings. The minimum atomic E-state index is -0.254. The number of nitrogens with one attached hydrogen (secondary N) is 1. The molecule has 0 spiro atoms. The lowest BCUT2D eigenvalue weighted by Crippen LogP contribution is -2.13. The van der Waals surface area contributed by atoms with E-state index in [2.05, 4.69) is 26.2 Å². The fourth-order valence-corrected chi connectivity index (χ4v) is 1.08. The first-order chi connectivity index (χ1) is 6.13. The molecule has 0 aliphatic carbocycles. The lowest BCUT2D eigenvalue weighted by Gasteiger charge is -2.03. The van der Waals surface area contributed by atoms with E-state index in [9.17, 15) is 4.79 Å². The van der Waals surface area contributed by atoms with E-state index < -0.39 is 0 Å². The molecule has 1 rings (SSSR count). The Hall–Kier alpha value is -0.610. The van der Waals surface area contributed by atoms with Gasteiger partial charge in [0.15, 0.2) is 0 Å². The van der Waals surface area contributed by atoms with Crippen LogP contribution in [0.1, 0.15) is 5.69 Å². The number of hydrogen-bond acceptors (Lipinski definition) is 2. The first-order valence-corrected chi connectivity index (χ1v) is 4.95. The standard InChI is InChI=1S/C8H8BrClN2O/c1-5-6(9)2-3-7(11-5)12-8(13)4-10/h2-3H,4H2,1H3,(H,11,12,13). The number of aryl methyl sites for hydroxylation is 1. The normalized spacial score (nSPS) is 9.77. The molecule has 5 heteroatoms. The average Bonchev–Trinajstić information content (AvgIpc) is 2.11. The summed E-state index contributed by atoms with van der Waals surface area (Å²) in [4.78, 5) is 15.0. The molecule has 0 unspecified atom stereocenters. The molecule has 0 aliphatic heterocycles. The highest BCUT2D eigenvalue weighted by molar-refractivity contribution is 9.10. The van der Waals surface area contributed by atoms with E-state index in [4.69, 9.17) is 11.6 Å². The van der Waals surface area contributed by atoms with Crippen LogP contribution in [0, 0.1) is 6.92 Å². The van der Waals surface area contributed by atoms with Gasteiger partial charge in [-0.05, 0) is 35.0 Å². The highest BCUT2D eigenvalue weighted by Crippen LogP contribution is 2.15. The third-order valence-corrected chi connectivity index (χ3v) is 2.49. The van der Waals surface area contributed by atoms with Crippen LogP contribution in [-0.4, -0.2) is 16.8 Å². The largest absolute Gasteiger partial charge is 0.310 e. The van der Waals surface area contributed by atoms with E-state index in [1.807, 2.05) is 13.0 Å². The van der Waals surface area contributed by atoms with Crippen LogP contribution in [0.15, 0.2) is 16.6 Å². The second-order valence-electron chi connectivity index (χ2n) is 2.45.